The van der Waals surface area contributed by atoms with Crippen molar-refractivity contribution in [1.82, 2.24) is 30.0 Å². The van der Waals surface area contributed by atoms with Gasteiger partial charge in [0.05, 0.1) is 19.2 Å². The van der Waals surface area contributed by atoms with Crippen LogP contribution in [-0.4, -0.2) is 80.5 Å². The van der Waals surface area contributed by atoms with Crippen molar-refractivity contribution in [2.45, 2.75) is 32.4 Å². The van der Waals surface area contributed by atoms with Crippen molar-refractivity contribution in [1.29, 1.82) is 0 Å². The number of nitrogens with one attached hydrogen (secondary N) is 1. The number of nitrogens with zero attached hydrogens (tertiary/aromatic N) is 7. The van der Waals surface area contributed by atoms with Gasteiger partial charge in [-0.05, 0) is 19.8 Å². The van der Waals surface area contributed by atoms with E-state index in [0.29, 0.717) is 0 Å². The average Bonchev–Trinajstić information content (AvgIpc) is 3.31. The molecule has 0 aliphatic carbocycles. The number of aliphatic hydroxyl groups is 1. The minimum absolute atomic E-state index is 0.179. The van der Waals surface area contributed by atoms with Crippen molar-refractivity contribution in [2.75, 3.05) is 49.1 Å². The first kappa shape index (κ1) is 17.2. The average molecular weight is 358 g/mol. The van der Waals surface area contributed by atoms with Crippen molar-refractivity contribution in [2.24, 2.45) is 0 Å². The van der Waals surface area contributed by atoms with Gasteiger partial charge in [0.2, 0.25) is 0 Å². The quantitative estimate of drug-likeness (QED) is 0.782. The molecule has 9 nitrogen and oxygen atoms in total. The fourth-order valence-corrected chi connectivity index (χ4v) is 3.79. The molecule has 2 N–H and O–H groups in total. The molecular weight excluding hydrogens is 332 g/mol. The van der Waals surface area contributed by atoms with Crippen molar-refractivity contribution in [3.05, 3.63) is 24.0 Å². The Bertz CT molecular complexity index is 727. The highest BCUT2D eigenvalue weighted by molar-refractivity contribution is 5.51. The first-order chi connectivity index (χ1) is 12.7. The van der Waals surface area contributed by atoms with Gasteiger partial charge in [0.1, 0.15) is 23.8 Å². The first-order valence-corrected chi connectivity index (χ1v) is 9.27. The molecule has 2 aliphatic heterocycles. The molecule has 0 radical (unpaired) electrons. The van der Waals surface area contributed by atoms with E-state index in [-0.39, 0.29) is 12.6 Å². The highest BCUT2D eigenvalue weighted by Crippen LogP contribution is 2.26. The lowest BCUT2D eigenvalue weighted by atomic mass is 10.2. The van der Waals surface area contributed by atoms with Crippen LogP contribution in [0.5, 0.6) is 0 Å². The zero-order valence-electron chi connectivity index (χ0n) is 15.2. The molecule has 2 aromatic heterocycles. The lowest BCUT2D eigenvalue weighted by molar-refractivity contribution is 0.243. The topological polar surface area (TPSA) is 97.3 Å². The van der Waals surface area contributed by atoms with E-state index < -0.39 is 0 Å². The molecule has 1 atom stereocenters. The number of aromatic amines is 1. The summed E-state index contributed by atoms with van der Waals surface area (Å²) in [4.78, 5) is 20.2. The van der Waals surface area contributed by atoms with Gasteiger partial charge in [0.15, 0.2) is 5.82 Å². The Morgan fingerprint density at radius 2 is 1.96 bits per heavy atom. The van der Waals surface area contributed by atoms with E-state index >= 15 is 0 Å². The minimum atomic E-state index is 0.179. The van der Waals surface area contributed by atoms with E-state index in [4.69, 9.17) is 0 Å². The smallest absolute Gasteiger partial charge is 0.164 e. The zero-order valence-corrected chi connectivity index (χ0v) is 15.2. The summed E-state index contributed by atoms with van der Waals surface area (Å²) in [6.07, 6.45) is 3.76. The second-order valence-corrected chi connectivity index (χ2v) is 7.01. The first-order valence-electron chi connectivity index (χ1n) is 9.27. The molecule has 2 saturated heterocycles. The van der Waals surface area contributed by atoms with Crippen LogP contribution in [-0.2, 0) is 6.54 Å². The van der Waals surface area contributed by atoms with Gasteiger partial charge in [-0.25, -0.2) is 15.0 Å². The number of aromatic nitrogens is 5. The molecule has 4 rings (SSSR count). The summed E-state index contributed by atoms with van der Waals surface area (Å²) < 4.78 is 0. The van der Waals surface area contributed by atoms with E-state index in [1.165, 1.54) is 0 Å². The van der Waals surface area contributed by atoms with Crippen LogP contribution in [0.1, 0.15) is 24.5 Å². The fourth-order valence-electron chi connectivity index (χ4n) is 3.79. The molecule has 1 unspecified atom stereocenters. The summed E-state index contributed by atoms with van der Waals surface area (Å²) in [7, 11) is 0. The second kappa shape index (κ2) is 7.55. The van der Waals surface area contributed by atoms with Crippen molar-refractivity contribution in [3.8, 4) is 0 Å². The van der Waals surface area contributed by atoms with Gasteiger partial charge in [0.25, 0.3) is 0 Å². The Morgan fingerprint density at radius 1 is 1.15 bits per heavy atom. The van der Waals surface area contributed by atoms with Crippen LogP contribution in [0.15, 0.2) is 12.4 Å². The van der Waals surface area contributed by atoms with Gasteiger partial charge in [-0.1, -0.05) is 0 Å². The standard InChI is InChI=1S/C17H26N8O/c1-13-20-15(22-21-13)10-23-5-7-24(8-6-23)16-9-17(19-12-18-16)25-4-2-3-14(25)11-26/h9,12,14,26H,2-8,10-11H2,1H3,(H,20,21,22). The summed E-state index contributed by atoms with van der Waals surface area (Å²) in [5, 5.41) is 16.7. The molecule has 9 heteroatoms. The summed E-state index contributed by atoms with van der Waals surface area (Å²) in [6, 6.07) is 2.24. The van der Waals surface area contributed by atoms with Gasteiger partial charge in [-0.2, -0.15) is 5.10 Å². The van der Waals surface area contributed by atoms with Crippen molar-refractivity contribution in [3.63, 3.8) is 0 Å². The molecule has 140 valence electrons. The van der Waals surface area contributed by atoms with Gasteiger partial charge in [-0.3, -0.25) is 10.00 Å². The lowest BCUT2D eigenvalue weighted by Crippen LogP contribution is -2.46. The number of rotatable bonds is 5. The lowest BCUT2D eigenvalue weighted by Gasteiger charge is -2.35. The van der Waals surface area contributed by atoms with E-state index in [1.54, 1.807) is 6.33 Å². The largest absolute Gasteiger partial charge is 0.394 e. The van der Waals surface area contributed by atoms with Gasteiger partial charge >= 0.3 is 0 Å². The predicted octanol–water partition coefficient (Wildman–Crippen LogP) is 0.186. The number of hydrogen-bond acceptors (Lipinski definition) is 8. The molecule has 0 amide bonds. The Morgan fingerprint density at radius 3 is 2.69 bits per heavy atom. The third-order valence-electron chi connectivity index (χ3n) is 5.23. The van der Waals surface area contributed by atoms with Crippen molar-refractivity contribution < 1.29 is 5.11 Å². The maximum atomic E-state index is 9.55. The van der Waals surface area contributed by atoms with E-state index in [2.05, 4.69) is 45.9 Å². The third-order valence-corrected chi connectivity index (χ3v) is 5.23. The van der Waals surface area contributed by atoms with Gasteiger partial charge in [-0.15, -0.1) is 0 Å². The second-order valence-electron chi connectivity index (χ2n) is 7.01. The highest BCUT2D eigenvalue weighted by Gasteiger charge is 2.26. The summed E-state index contributed by atoms with van der Waals surface area (Å²) in [5.41, 5.74) is 0. The number of piperazine rings is 1. The Balaban J connectivity index is 1.37. The highest BCUT2D eigenvalue weighted by atomic mass is 16.3. The van der Waals surface area contributed by atoms with Crippen molar-refractivity contribution >= 4 is 11.6 Å². The molecule has 2 aliphatic rings. The molecular formula is C17H26N8O. The SMILES string of the molecule is Cc1nc(CN2CCN(c3cc(N4CCCC4CO)ncn3)CC2)n[nH]1. The number of aliphatic hydroxyl groups excluding tert-OH is 1. The fraction of sp³-hybridized carbons (Fsp3) is 0.647. The van der Waals surface area contributed by atoms with Gasteiger partial charge < -0.3 is 14.9 Å². The zero-order chi connectivity index (χ0) is 17.9. The molecule has 0 bridgehead atoms. The Hall–Kier alpha value is -2.26. The number of H-pyrrole nitrogens is 1. The number of hydrogen-bond donors (Lipinski definition) is 2. The van der Waals surface area contributed by atoms with Crippen LogP contribution in [0, 0.1) is 6.92 Å². The van der Waals surface area contributed by atoms with Crippen LogP contribution in [0.4, 0.5) is 11.6 Å². The Labute approximate surface area is 153 Å². The summed E-state index contributed by atoms with van der Waals surface area (Å²) in [6.45, 7) is 7.57. The molecule has 2 fully saturated rings. The molecule has 4 heterocycles. The molecule has 0 spiro atoms. The maximum absolute atomic E-state index is 9.55. The molecule has 0 saturated carbocycles. The maximum Gasteiger partial charge on any atom is 0.164 e. The summed E-state index contributed by atoms with van der Waals surface area (Å²) in [5.74, 6) is 3.59. The van der Waals surface area contributed by atoms with E-state index in [9.17, 15) is 5.11 Å². The number of anilines is 2. The third kappa shape index (κ3) is 3.63. The van der Waals surface area contributed by atoms with Crippen LogP contribution in [0.2, 0.25) is 0 Å². The van der Waals surface area contributed by atoms with E-state index in [0.717, 1.165) is 75.4 Å². The monoisotopic (exact) mass is 358 g/mol. The molecule has 0 aromatic carbocycles. The van der Waals surface area contributed by atoms with Crippen LogP contribution >= 0.6 is 0 Å². The van der Waals surface area contributed by atoms with Crippen LogP contribution in [0.25, 0.3) is 0 Å². The predicted molar refractivity (Wildman–Crippen MR) is 98.1 cm³/mol. The Kier molecular flexibility index (Phi) is 4.98. The molecule has 2 aromatic rings. The van der Waals surface area contributed by atoms with E-state index in [1.807, 2.05) is 6.92 Å². The van der Waals surface area contributed by atoms with Gasteiger partial charge in [0, 0.05) is 38.8 Å². The minimum Gasteiger partial charge on any atom is -0.394 e. The van der Waals surface area contributed by atoms with Crippen LogP contribution < -0.4 is 9.80 Å². The summed E-state index contributed by atoms with van der Waals surface area (Å²) >= 11 is 0. The van der Waals surface area contributed by atoms with Crippen LogP contribution in [0.3, 0.4) is 0 Å². The molecule has 26 heavy (non-hydrogen) atoms. The normalized spacial score (nSPS) is 21.5. The number of aryl methyl sites for hydroxylation is 1.